The van der Waals surface area contributed by atoms with Gasteiger partial charge in [0.05, 0.1) is 12.0 Å². The Hall–Kier alpha value is -8.06. The van der Waals surface area contributed by atoms with E-state index in [1.54, 1.807) is 0 Å². The second kappa shape index (κ2) is 13.2. The first kappa shape index (κ1) is 34.0. The van der Waals surface area contributed by atoms with Gasteiger partial charge in [-0.05, 0) is 108 Å². The summed E-state index contributed by atoms with van der Waals surface area (Å²) in [5.74, 6) is 0.589. The molecule has 0 atom stereocenters. The third-order valence-electron chi connectivity index (χ3n) is 12.6. The predicted molar refractivity (Wildman–Crippen MR) is 244 cm³/mol. The van der Waals surface area contributed by atoms with Gasteiger partial charge in [-0.3, -0.25) is 0 Å². The van der Waals surface area contributed by atoms with Crippen LogP contribution in [0.5, 0.6) is 0 Å². The number of fused-ring (bicyclic) bond motifs is 11. The molecule has 0 N–H and O–H groups in total. The van der Waals surface area contributed by atoms with Crippen molar-refractivity contribution in [3.05, 3.63) is 240 Å². The lowest BCUT2D eigenvalue weighted by molar-refractivity contribution is 0.620. The van der Waals surface area contributed by atoms with Gasteiger partial charge in [0.25, 0.3) is 0 Å². The minimum Gasteiger partial charge on any atom is -0.436 e. The molecule has 0 bridgehead atoms. The molecule has 278 valence electrons. The molecule has 0 radical (unpaired) electrons. The minimum atomic E-state index is -0.378. The van der Waals surface area contributed by atoms with Crippen LogP contribution in [0.4, 0.5) is 5.69 Å². The maximum Gasteiger partial charge on any atom is 0.227 e. The number of oxazole rings is 1. The van der Waals surface area contributed by atoms with Crippen molar-refractivity contribution in [2.45, 2.75) is 5.41 Å². The summed E-state index contributed by atoms with van der Waals surface area (Å²) in [4.78, 5) is 8.69. The van der Waals surface area contributed by atoms with E-state index in [-0.39, 0.29) is 5.41 Å². The van der Waals surface area contributed by atoms with E-state index >= 15 is 0 Å². The molecule has 9 aromatic carbocycles. The summed E-state index contributed by atoms with van der Waals surface area (Å²) in [6, 6.07) is 73.4. The highest BCUT2D eigenvalue weighted by molar-refractivity contribution is 6.00. The molecule has 1 heterocycles. The van der Waals surface area contributed by atoms with Crippen LogP contribution in [-0.4, -0.2) is 4.98 Å². The Bertz CT molecular complexity index is 3310. The van der Waals surface area contributed by atoms with Gasteiger partial charge < -0.3 is 4.42 Å². The van der Waals surface area contributed by atoms with E-state index in [1.165, 1.54) is 50.1 Å². The summed E-state index contributed by atoms with van der Waals surface area (Å²) >= 11 is 0. The summed E-state index contributed by atoms with van der Waals surface area (Å²) in [6.45, 7) is 7.28. The number of benzene rings is 9. The fourth-order valence-corrected chi connectivity index (χ4v) is 9.92. The summed E-state index contributed by atoms with van der Waals surface area (Å²) in [7, 11) is 0. The van der Waals surface area contributed by atoms with Gasteiger partial charge in [-0.1, -0.05) is 182 Å². The van der Waals surface area contributed by atoms with Gasteiger partial charge in [0.2, 0.25) is 5.89 Å². The van der Waals surface area contributed by atoms with Crippen molar-refractivity contribution in [2.75, 3.05) is 0 Å². The second-order valence-electron chi connectivity index (χ2n) is 15.7. The monoisotopic (exact) mass is 762 g/mol. The van der Waals surface area contributed by atoms with E-state index in [2.05, 4.69) is 181 Å². The van der Waals surface area contributed by atoms with Crippen LogP contribution >= 0.6 is 0 Å². The molecular weight excluding hydrogens is 729 g/mol. The van der Waals surface area contributed by atoms with Crippen molar-refractivity contribution in [2.24, 2.45) is 0 Å². The number of nitrogens with zero attached hydrogens (tertiary/aromatic N) is 2. The van der Waals surface area contributed by atoms with Gasteiger partial charge in [0, 0.05) is 11.1 Å². The molecule has 1 aromatic heterocycles. The highest BCUT2D eigenvalue weighted by Gasteiger charge is 2.51. The molecule has 0 saturated heterocycles. The number of hydrogen-bond donors (Lipinski definition) is 0. The molecule has 0 aliphatic heterocycles. The topological polar surface area (TPSA) is 30.4 Å². The van der Waals surface area contributed by atoms with Crippen LogP contribution in [0.15, 0.2) is 211 Å². The van der Waals surface area contributed by atoms with Crippen molar-refractivity contribution in [1.29, 1.82) is 0 Å². The van der Waals surface area contributed by atoms with Crippen molar-refractivity contribution in [3.8, 4) is 78.2 Å². The summed E-state index contributed by atoms with van der Waals surface area (Å²) in [5, 5.41) is 0. The molecule has 0 amide bonds. The molecule has 0 unspecified atom stereocenters. The van der Waals surface area contributed by atoms with Crippen molar-refractivity contribution < 1.29 is 4.42 Å². The Morgan fingerprint density at radius 2 is 0.867 bits per heavy atom. The van der Waals surface area contributed by atoms with Crippen LogP contribution in [0.3, 0.4) is 0 Å². The first-order chi connectivity index (χ1) is 29.7. The quantitative estimate of drug-likeness (QED) is 0.164. The van der Waals surface area contributed by atoms with Crippen molar-refractivity contribution in [1.82, 2.24) is 4.98 Å². The Morgan fingerprint density at radius 3 is 1.52 bits per heavy atom. The average molecular weight is 763 g/mol. The lowest BCUT2D eigenvalue weighted by Gasteiger charge is -2.30. The predicted octanol–water partition coefficient (Wildman–Crippen LogP) is 15.1. The number of hydrogen-bond acceptors (Lipinski definition) is 2. The van der Waals surface area contributed by atoms with Crippen LogP contribution in [0, 0.1) is 6.57 Å². The maximum atomic E-state index is 7.28. The molecule has 60 heavy (non-hydrogen) atoms. The molecule has 3 nitrogen and oxygen atoms in total. The van der Waals surface area contributed by atoms with Crippen LogP contribution in [0.25, 0.3) is 94.2 Å². The van der Waals surface area contributed by atoms with Gasteiger partial charge in [-0.15, -0.1) is 0 Å². The fraction of sp³-hybridized carbons (Fsp3) is 0.0175. The van der Waals surface area contributed by atoms with E-state index in [0.29, 0.717) is 11.6 Å². The van der Waals surface area contributed by atoms with Gasteiger partial charge in [-0.2, -0.15) is 0 Å². The van der Waals surface area contributed by atoms with E-state index < -0.39 is 0 Å². The highest BCUT2D eigenvalue weighted by atomic mass is 16.3. The molecular formula is C57H34N2O. The van der Waals surface area contributed by atoms with E-state index in [9.17, 15) is 0 Å². The standard InChI is InChI=1S/C57H34N2O/c1-58-43-32-30-37(31-33-43)36-22-24-38(25-23-36)42-34-48(39-12-3-2-4-13-39)55-53(35-42)60-56(59-55)41-28-26-40(27-29-41)44-17-11-21-52-54(44)47-16-7-10-20-51(47)57(52)49-18-8-5-14-45(49)46-15-6-9-19-50(46)57/h2-35H. The first-order valence-corrected chi connectivity index (χ1v) is 20.3. The largest absolute Gasteiger partial charge is 0.436 e. The minimum absolute atomic E-state index is 0.378. The zero-order valence-corrected chi connectivity index (χ0v) is 32.4. The molecule has 2 aliphatic rings. The average Bonchev–Trinajstić information content (AvgIpc) is 3.99. The second-order valence-corrected chi connectivity index (χ2v) is 15.7. The number of rotatable bonds is 5. The number of aromatic nitrogens is 1. The van der Waals surface area contributed by atoms with E-state index in [1.807, 2.05) is 30.3 Å². The lowest BCUT2D eigenvalue weighted by Crippen LogP contribution is -2.25. The molecule has 12 rings (SSSR count). The lowest BCUT2D eigenvalue weighted by atomic mass is 9.70. The molecule has 3 heteroatoms. The van der Waals surface area contributed by atoms with E-state index in [0.717, 1.165) is 55.6 Å². The molecule has 1 spiro atoms. The smallest absolute Gasteiger partial charge is 0.227 e. The maximum absolute atomic E-state index is 7.28. The van der Waals surface area contributed by atoms with Crippen LogP contribution < -0.4 is 0 Å². The van der Waals surface area contributed by atoms with Gasteiger partial charge in [0.1, 0.15) is 5.52 Å². The highest BCUT2D eigenvalue weighted by Crippen LogP contribution is 2.63. The van der Waals surface area contributed by atoms with Crippen LogP contribution in [0.1, 0.15) is 22.3 Å². The van der Waals surface area contributed by atoms with Gasteiger partial charge in [-0.25, -0.2) is 9.83 Å². The third kappa shape index (κ3) is 4.98. The summed E-state index contributed by atoms with van der Waals surface area (Å²) in [6.07, 6.45) is 0. The van der Waals surface area contributed by atoms with Gasteiger partial charge in [0.15, 0.2) is 11.3 Å². The van der Waals surface area contributed by atoms with E-state index in [4.69, 9.17) is 16.0 Å². The Balaban J connectivity index is 0.945. The Kier molecular flexibility index (Phi) is 7.51. The molecule has 0 fully saturated rings. The summed E-state index contributed by atoms with van der Waals surface area (Å²) in [5.41, 5.74) is 22.1. The SMILES string of the molecule is [C-]#[N+]c1ccc(-c2ccc(-c3cc(-c4ccccc4)c4nc(-c5ccc(-c6cccc7c6-c6ccccc6C76c7ccccc7-c7ccccc76)cc5)oc4c3)cc2)cc1. The summed E-state index contributed by atoms with van der Waals surface area (Å²) < 4.78 is 6.65. The zero-order chi connectivity index (χ0) is 39.8. The molecule has 2 aliphatic carbocycles. The van der Waals surface area contributed by atoms with Crippen molar-refractivity contribution in [3.63, 3.8) is 0 Å². The zero-order valence-electron chi connectivity index (χ0n) is 32.4. The molecule has 0 saturated carbocycles. The normalized spacial score (nSPS) is 12.8. The molecule has 10 aromatic rings. The Labute approximate surface area is 348 Å². The van der Waals surface area contributed by atoms with Gasteiger partial charge >= 0.3 is 0 Å². The van der Waals surface area contributed by atoms with Crippen LogP contribution in [-0.2, 0) is 5.41 Å². The fourth-order valence-electron chi connectivity index (χ4n) is 9.92. The third-order valence-corrected chi connectivity index (χ3v) is 12.6. The Morgan fingerprint density at radius 1 is 0.383 bits per heavy atom. The van der Waals surface area contributed by atoms with Crippen molar-refractivity contribution >= 4 is 16.8 Å². The van der Waals surface area contributed by atoms with Crippen LogP contribution in [0.2, 0.25) is 0 Å². The first-order valence-electron chi connectivity index (χ1n) is 20.3.